The van der Waals surface area contributed by atoms with Crippen molar-refractivity contribution in [2.24, 2.45) is 0 Å². The molecule has 2 aromatic carbocycles. The van der Waals surface area contributed by atoms with Crippen molar-refractivity contribution in [2.75, 3.05) is 14.2 Å². The van der Waals surface area contributed by atoms with Gasteiger partial charge in [-0.15, -0.1) is 0 Å². The topological polar surface area (TPSA) is 68.5 Å². The zero-order chi connectivity index (χ0) is 20.1. The Morgan fingerprint density at radius 2 is 2.00 bits per heavy atom. The van der Waals surface area contributed by atoms with Gasteiger partial charge >= 0.3 is 0 Å². The maximum absolute atomic E-state index is 12.5. The summed E-state index contributed by atoms with van der Waals surface area (Å²) in [5.74, 6) is 1.85. The number of nitrogens with zero attached hydrogens (tertiary/aromatic N) is 3. The minimum Gasteiger partial charge on any atom is -0.496 e. The molecule has 0 radical (unpaired) electrons. The van der Waals surface area contributed by atoms with Gasteiger partial charge in [0.1, 0.15) is 5.75 Å². The summed E-state index contributed by atoms with van der Waals surface area (Å²) >= 11 is 0. The van der Waals surface area contributed by atoms with Crippen LogP contribution in [0.5, 0.6) is 5.75 Å². The number of amides is 1. The highest BCUT2D eigenvalue weighted by atomic mass is 16.5. The number of aromatic nitrogens is 2. The summed E-state index contributed by atoms with van der Waals surface area (Å²) in [6, 6.07) is 13.9. The molecule has 0 fully saturated rings. The fourth-order valence-electron chi connectivity index (χ4n) is 3.05. The summed E-state index contributed by atoms with van der Waals surface area (Å²) in [4.78, 5) is 18.5. The molecule has 0 N–H and O–H groups in total. The zero-order valence-corrected chi connectivity index (χ0v) is 16.7. The molecule has 1 heterocycles. The largest absolute Gasteiger partial charge is 0.496 e. The number of hydrogen-bond acceptors (Lipinski definition) is 5. The first-order valence-corrected chi connectivity index (χ1v) is 9.23. The molecule has 0 aliphatic heterocycles. The van der Waals surface area contributed by atoms with Crippen molar-refractivity contribution in [3.05, 3.63) is 65.0 Å². The molecule has 1 amide bonds. The second-order valence-corrected chi connectivity index (χ2v) is 6.93. The van der Waals surface area contributed by atoms with Crippen LogP contribution >= 0.6 is 0 Å². The van der Waals surface area contributed by atoms with E-state index in [9.17, 15) is 4.79 Å². The van der Waals surface area contributed by atoms with E-state index in [4.69, 9.17) is 9.26 Å². The minimum absolute atomic E-state index is 0.0313. The van der Waals surface area contributed by atoms with E-state index < -0.39 is 0 Å². The van der Waals surface area contributed by atoms with Crippen LogP contribution in [-0.2, 0) is 17.8 Å². The normalized spacial score (nSPS) is 10.7. The third-order valence-corrected chi connectivity index (χ3v) is 4.63. The first-order chi connectivity index (χ1) is 13.5. The lowest BCUT2D eigenvalue weighted by molar-refractivity contribution is -0.130. The highest BCUT2D eigenvalue weighted by molar-refractivity contribution is 5.76. The molecule has 146 valence electrons. The smallest absolute Gasteiger partial charge is 0.246 e. The lowest BCUT2D eigenvalue weighted by Crippen LogP contribution is -2.26. The Morgan fingerprint density at radius 1 is 1.18 bits per heavy atom. The predicted molar refractivity (Wildman–Crippen MR) is 107 cm³/mol. The Hall–Kier alpha value is -3.15. The maximum Gasteiger partial charge on any atom is 0.246 e. The molecule has 0 bridgehead atoms. The molecule has 6 heteroatoms. The maximum atomic E-state index is 12.5. The lowest BCUT2D eigenvalue weighted by Gasteiger charge is -2.15. The van der Waals surface area contributed by atoms with Gasteiger partial charge in [0.05, 0.1) is 13.7 Å². The molecule has 1 aromatic heterocycles. The van der Waals surface area contributed by atoms with Crippen LogP contribution in [0, 0.1) is 13.8 Å². The second-order valence-electron chi connectivity index (χ2n) is 6.93. The summed E-state index contributed by atoms with van der Waals surface area (Å²) in [6.07, 6.45) is 1.09. The Bertz CT molecular complexity index is 965. The average Bonchev–Trinajstić information content (AvgIpc) is 3.14. The van der Waals surface area contributed by atoms with Gasteiger partial charge in [-0.3, -0.25) is 4.79 Å². The average molecular weight is 379 g/mol. The minimum atomic E-state index is 0.0313. The number of carbonyl (C=O) groups excluding carboxylic acids is 1. The van der Waals surface area contributed by atoms with E-state index in [0.29, 0.717) is 31.1 Å². The van der Waals surface area contributed by atoms with E-state index in [1.54, 1.807) is 19.1 Å². The second kappa shape index (κ2) is 8.69. The van der Waals surface area contributed by atoms with E-state index in [0.717, 1.165) is 28.0 Å². The molecule has 0 atom stereocenters. The van der Waals surface area contributed by atoms with Gasteiger partial charge < -0.3 is 14.2 Å². The first kappa shape index (κ1) is 19.6. The van der Waals surface area contributed by atoms with Crippen molar-refractivity contribution in [3.8, 4) is 17.1 Å². The van der Waals surface area contributed by atoms with Gasteiger partial charge in [-0.25, -0.2) is 0 Å². The molecule has 28 heavy (non-hydrogen) atoms. The van der Waals surface area contributed by atoms with Gasteiger partial charge in [-0.1, -0.05) is 41.1 Å². The van der Waals surface area contributed by atoms with Gasteiger partial charge in [0, 0.05) is 19.0 Å². The molecule has 0 saturated carbocycles. The van der Waals surface area contributed by atoms with E-state index >= 15 is 0 Å². The first-order valence-electron chi connectivity index (χ1n) is 9.23. The van der Waals surface area contributed by atoms with Crippen LogP contribution in [-0.4, -0.2) is 35.1 Å². The summed E-state index contributed by atoms with van der Waals surface area (Å²) in [6.45, 7) is 4.30. The SMILES string of the molecule is COc1ccc(CCC(=O)N(C)Cc2nc(-c3cccc(C)c3)no2)cc1C. The monoisotopic (exact) mass is 379 g/mol. The number of ether oxygens (including phenoxy) is 1. The molecular formula is C22H25N3O3. The third kappa shape index (κ3) is 4.76. The van der Waals surface area contributed by atoms with Crippen LogP contribution in [0.15, 0.2) is 47.0 Å². The highest BCUT2D eigenvalue weighted by Crippen LogP contribution is 2.20. The molecule has 6 nitrogen and oxygen atoms in total. The van der Waals surface area contributed by atoms with Crippen LogP contribution < -0.4 is 4.74 Å². The molecule has 0 aliphatic carbocycles. The van der Waals surface area contributed by atoms with Crippen LogP contribution in [0.1, 0.15) is 29.0 Å². The van der Waals surface area contributed by atoms with Crippen LogP contribution in [0.3, 0.4) is 0 Å². The number of aryl methyl sites for hydroxylation is 3. The molecular weight excluding hydrogens is 354 g/mol. The Morgan fingerprint density at radius 3 is 2.71 bits per heavy atom. The van der Waals surface area contributed by atoms with E-state index in [1.807, 2.05) is 50.2 Å². The van der Waals surface area contributed by atoms with E-state index in [1.165, 1.54) is 0 Å². The molecule has 0 aliphatic rings. The quantitative estimate of drug-likeness (QED) is 0.622. The van der Waals surface area contributed by atoms with Crippen LogP contribution in [0.4, 0.5) is 0 Å². The lowest BCUT2D eigenvalue weighted by atomic mass is 10.1. The van der Waals surface area contributed by atoms with Gasteiger partial charge in [0.15, 0.2) is 0 Å². The molecule has 0 unspecified atom stereocenters. The van der Waals surface area contributed by atoms with Crippen molar-refractivity contribution < 1.29 is 14.1 Å². The Balaban J connectivity index is 1.56. The van der Waals surface area contributed by atoms with E-state index in [-0.39, 0.29) is 5.91 Å². The van der Waals surface area contributed by atoms with E-state index in [2.05, 4.69) is 16.2 Å². The standard InChI is InChI=1S/C22H25N3O3/c1-15-6-5-7-18(12-15)22-23-20(28-24-22)14-25(3)21(26)11-9-17-8-10-19(27-4)16(2)13-17/h5-8,10,12-13H,9,11,14H2,1-4H3. The van der Waals surface area contributed by atoms with Gasteiger partial charge in [-0.05, 0) is 43.5 Å². The Kier molecular flexibility index (Phi) is 6.09. The Labute approximate surface area is 165 Å². The van der Waals surface area contributed by atoms with Crippen molar-refractivity contribution in [1.29, 1.82) is 0 Å². The van der Waals surface area contributed by atoms with Gasteiger partial charge in [0.2, 0.25) is 17.6 Å². The van der Waals surface area contributed by atoms with Crippen molar-refractivity contribution in [2.45, 2.75) is 33.2 Å². The molecule has 3 rings (SSSR count). The van der Waals surface area contributed by atoms with Crippen molar-refractivity contribution in [3.63, 3.8) is 0 Å². The fourth-order valence-corrected chi connectivity index (χ4v) is 3.05. The third-order valence-electron chi connectivity index (χ3n) is 4.63. The number of rotatable bonds is 7. The van der Waals surface area contributed by atoms with Gasteiger partial charge in [-0.2, -0.15) is 4.98 Å². The summed E-state index contributed by atoms with van der Waals surface area (Å²) in [5.41, 5.74) is 4.21. The highest BCUT2D eigenvalue weighted by Gasteiger charge is 2.15. The molecule has 0 spiro atoms. The summed E-state index contributed by atoms with van der Waals surface area (Å²) in [5, 5.41) is 4.02. The van der Waals surface area contributed by atoms with Crippen LogP contribution in [0.2, 0.25) is 0 Å². The molecule has 3 aromatic rings. The zero-order valence-electron chi connectivity index (χ0n) is 16.7. The number of methoxy groups -OCH3 is 1. The number of benzene rings is 2. The van der Waals surface area contributed by atoms with Crippen molar-refractivity contribution in [1.82, 2.24) is 15.0 Å². The summed E-state index contributed by atoms with van der Waals surface area (Å²) in [7, 11) is 3.40. The van der Waals surface area contributed by atoms with Crippen LogP contribution in [0.25, 0.3) is 11.4 Å². The number of hydrogen-bond donors (Lipinski definition) is 0. The summed E-state index contributed by atoms with van der Waals surface area (Å²) < 4.78 is 10.6. The van der Waals surface area contributed by atoms with Gasteiger partial charge in [0.25, 0.3) is 0 Å². The number of carbonyl (C=O) groups is 1. The molecule has 0 saturated heterocycles. The predicted octanol–water partition coefficient (Wildman–Crippen LogP) is 3.95. The fraction of sp³-hybridized carbons (Fsp3) is 0.318. The van der Waals surface area contributed by atoms with Crippen molar-refractivity contribution >= 4 is 5.91 Å².